The van der Waals surface area contributed by atoms with Gasteiger partial charge in [0.25, 0.3) is 0 Å². The number of hydrogen-bond acceptors (Lipinski definition) is 6. The molecule has 2 aromatic carbocycles. The summed E-state index contributed by atoms with van der Waals surface area (Å²) in [5, 5.41) is 6.14. The van der Waals surface area contributed by atoms with Gasteiger partial charge >= 0.3 is 5.97 Å². The van der Waals surface area contributed by atoms with Crippen LogP contribution in [0.2, 0.25) is 0 Å². The third-order valence-corrected chi connectivity index (χ3v) is 4.66. The van der Waals surface area contributed by atoms with Gasteiger partial charge in [-0.3, -0.25) is 0 Å². The van der Waals surface area contributed by atoms with Crippen molar-refractivity contribution in [3.63, 3.8) is 0 Å². The van der Waals surface area contributed by atoms with E-state index in [-0.39, 0.29) is 18.1 Å². The largest absolute Gasteiger partial charge is 0.454 e. The molecule has 0 saturated heterocycles. The number of halogens is 1. The smallest absolute Gasteiger partial charge is 0.358 e. The number of esters is 1. The van der Waals surface area contributed by atoms with Crippen LogP contribution in [0.25, 0.3) is 21.9 Å². The monoisotopic (exact) mass is 380 g/mol. The summed E-state index contributed by atoms with van der Waals surface area (Å²) in [5.41, 5.74) is 2.35. The highest BCUT2D eigenvalue weighted by Gasteiger charge is 2.15. The van der Waals surface area contributed by atoms with Gasteiger partial charge < -0.3 is 9.26 Å². The molecular formula is C20H13FN2O3S. The molecule has 7 heteroatoms. The van der Waals surface area contributed by atoms with Gasteiger partial charge in [-0.15, -0.1) is 11.3 Å². The molecule has 0 unspecified atom stereocenters. The van der Waals surface area contributed by atoms with E-state index in [9.17, 15) is 9.18 Å². The number of rotatable bonds is 5. The molecule has 27 heavy (non-hydrogen) atoms. The number of nitrogens with zero attached hydrogens (tertiary/aromatic N) is 2. The van der Waals surface area contributed by atoms with Crippen molar-refractivity contribution in [2.45, 2.75) is 6.61 Å². The SMILES string of the molecule is O=C(OCc1cc(-c2ccccc2)on1)c1csc(-c2ccc(F)cc2)n1. The van der Waals surface area contributed by atoms with E-state index >= 15 is 0 Å². The van der Waals surface area contributed by atoms with Crippen molar-refractivity contribution in [2.24, 2.45) is 0 Å². The first-order valence-corrected chi connectivity index (χ1v) is 8.96. The summed E-state index contributed by atoms with van der Waals surface area (Å²) in [6, 6.07) is 17.2. The van der Waals surface area contributed by atoms with Crippen molar-refractivity contribution in [1.82, 2.24) is 10.1 Å². The third-order valence-electron chi connectivity index (χ3n) is 3.77. The second-order valence-electron chi connectivity index (χ2n) is 5.67. The zero-order valence-electron chi connectivity index (χ0n) is 14.0. The summed E-state index contributed by atoms with van der Waals surface area (Å²) in [5.74, 6) is -0.268. The quantitative estimate of drug-likeness (QED) is 0.458. The van der Waals surface area contributed by atoms with Crippen LogP contribution < -0.4 is 0 Å². The second-order valence-corrected chi connectivity index (χ2v) is 6.53. The molecule has 4 rings (SSSR count). The molecule has 4 aromatic rings. The van der Waals surface area contributed by atoms with E-state index in [0.717, 1.165) is 11.1 Å². The predicted octanol–water partition coefficient (Wildman–Crippen LogP) is 4.96. The Bertz CT molecular complexity index is 1060. The van der Waals surface area contributed by atoms with Crippen molar-refractivity contribution < 1.29 is 18.4 Å². The van der Waals surface area contributed by atoms with Gasteiger partial charge in [0.05, 0.1) is 0 Å². The minimum absolute atomic E-state index is 0.0153. The molecule has 0 fully saturated rings. The zero-order valence-corrected chi connectivity index (χ0v) is 14.8. The van der Waals surface area contributed by atoms with Gasteiger partial charge in [-0.25, -0.2) is 14.2 Å². The first-order valence-electron chi connectivity index (χ1n) is 8.08. The number of aromatic nitrogens is 2. The van der Waals surface area contributed by atoms with E-state index in [1.54, 1.807) is 23.6 Å². The van der Waals surface area contributed by atoms with E-state index in [0.29, 0.717) is 16.5 Å². The van der Waals surface area contributed by atoms with Crippen molar-refractivity contribution in [3.05, 3.63) is 83.2 Å². The van der Waals surface area contributed by atoms with Crippen LogP contribution in [0, 0.1) is 5.82 Å². The fourth-order valence-electron chi connectivity index (χ4n) is 2.42. The van der Waals surface area contributed by atoms with Gasteiger partial charge in [0.1, 0.15) is 23.1 Å². The number of ether oxygens (including phenoxy) is 1. The lowest BCUT2D eigenvalue weighted by molar-refractivity contribution is 0.0458. The van der Waals surface area contributed by atoms with Gasteiger partial charge in [-0.1, -0.05) is 35.5 Å². The number of benzene rings is 2. The zero-order chi connectivity index (χ0) is 18.6. The number of carbonyl (C=O) groups is 1. The molecule has 2 aromatic heterocycles. The highest BCUT2D eigenvalue weighted by Crippen LogP contribution is 2.24. The Morgan fingerprint density at radius 1 is 1.07 bits per heavy atom. The molecule has 0 aliphatic heterocycles. The van der Waals surface area contributed by atoms with Crippen molar-refractivity contribution in [2.75, 3.05) is 0 Å². The fraction of sp³-hybridized carbons (Fsp3) is 0.0500. The molecule has 0 aliphatic rings. The summed E-state index contributed by atoms with van der Waals surface area (Å²) >= 11 is 1.29. The molecule has 0 N–H and O–H groups in total. The number of thiazole rings is 1. The van der Waals surface area contributed by atoms with Gasteiger partial charge in [-0.2, -0.15) is 0 Å². The third kappa shape index (κ3) is 3.93. The van der Waals surface area contributed by atoms with Crippen LogP contribution in [0.5, 0.6) is 0 Å². The van der Waals surface area contributed by atoms with Gasteiger partial charge in [0, 0.05) is 22.6 Å². The van der Waals surface area contributed by atoms with Crippen LogP contribution in [0.4, 0.5) is 4.39 Å². The van der Waals surface area contributed by atoms with Crippen LogP contribution >= 0.6 is 11.3 Å². The molecule has 0 radical (unpaired) electrons. The number of carbonyl (C=O) groups excluding carboxylic acids is 1. The Hall–Kier alpha value is -3.32. The Kier molecular flexibility index (Phi) is 4.76. The van der Waals surface area contributed by atoms with Gasteiger partial charge in [0.2, 0.25) is 0 Å². The molecule has 0 bridgehead atoms. The van der Waals surface area contributed by atoms with Crippen LogP contribution in [-0.2, 0) is 11.3 Å². The van der Waals surface area contributed by atoms with Crippen molar-refractivity contribution in [1.29, 1.82) is 0 Å². The summed E-state index contributed by atoms with van der Waals surface area (Å²) in [6.45, 7) is -0.0153. The maximum absolute atomic E-state index is 13.0. The van der Waals surface area contributed by atoms with E-state index in [4.69, 9.17) is 9.26 Å². The Morgan fingerprint density at radius 2 is 1.85 bits per heavy atom. The standard InChI is InChI=1S/C20H13FN2O3S/c21-15-8-6-14(7-9-15)19-22-17(12-27-19)20(24)25-11-16-10-18(26-23-16)13-4-2-1-3-5-13/h1-10,12H,11H2. The van der Waals surface area contributed by atoms with Crippen LogP contribution in [-0.4, -0.2) is 16.1 Å². The van der Waals surface area contributed by atoms with Crippen LogP contribution in [0.15, 0.2) is 70.6 Å². The highest BCUT2D eigenvalue weighted by molar-refractivity contribution is 7.13. The second kappa shape index (κ2) is 7.51. The summed E-state index contributed by atoms with van der Waals surface area (Å²) in [7, 11) is 0. The molecule has 0 spiro atoms. The van der Waals surface area contributed by atoms with E-state index < -0.39 is 5.97 Å². The summed E-state index contributed by atoms with van der Waals surface area (Å²) < 4.78 is 23.5. The maximum Gasteiger partial charge on any atom is 0.358 e. The normalized spacial score (nSPS) is 10.7. The Labute approximate surface area is 158 Å². The Balaban J connectivity index is 1.40. The molecule has 5 nitrogen and oxygen atoms in total. The lowest BCUT2D eigenvalue weighted by atomic mass is 10.2. The van der Waals surface area contributed by atoms with Crippen molar-refractivity contribution in [3.8, 4) is 21.9 Å². The van der Waals surface area contributed by atoms with E-state index in [1.807, 2.05) is 30.3 Å². The van der Waals surface area contributed by atoms with Gasteiger partial charge in [-0.05, 0) is 24.3 Å². The Morgan fingerprint density at radius 3 is 2.63 bits per heavy atom. The molecule has 0 saturated carbocycles. The molecular weight excluding hydrogens is 367 g/mol. The molecule has 0 atom stereocenters. The molecule has 134 valence electrons. The lowest BCUT2D eigenvalue weighted by Gasteiger charge is -1.99. The summed E-state index contributed by atoms with van der Waals surface area (Å²) in [6.07, 6.45) is 0. The molecule has 0 aliphatic carbocycles. The minimum atomic E-state index is -0.552. The predicted molar refractivity (Wildman–Crippen MR) is 98.6 cm³/mol. The topological polar surface area (TPSA) is 65.2 Å². The average Bonchev–Trinajstić information content (AvgIpc) is 3.37. The van der Waals surface area contributed by atoms with E-state index in [1.165, 1.54) is 23.5 Å². The summed E-state index contributed by atoms with van der Waals surface area (Å²) in [4.78, 5) is 16.4. The minimum Gasteiger partial charge on any atom is -0.454 e. The maximum atomic E-state index is 13.0. The molecule has 0 amide bonds. The number of hydrogen-bond donors (Lipinski definition) is 0. The van der Waals surface area contributed by atoms with Crippen LogP contribution in [0.3, 0.4) is 0 Å². The molecule has 2 heterocycles. The average molecular weight is 380 g/mol. The van der Waals surface area contributed by atoms with Crippen LogP contribution in [0.1, 0.15) is 16.2 Å². The lowest BCUT2D eigenvalue weighted by Crippen LogP contribution is -2.05. The first kappa shape index (κ1) is 17.1. The van der Waals surface area contributed by atoms with Gasteiger partial charge in [0.15, 0.2) is 11.5 Å². The van der Waals surface area contributed by atoms with Crippen molar-refractivity contribution >= 4 is 17.3 Å². The highest BCUT2D eigenvalue weighted by atomic mass is 32.1. The van der Waals surface area contributed by atoms with E-state index in [2.05, 4.69) is 10.1 Å². The fourth-order valence-corrected chi connectivity index (χ4v) is 3.22. The first-order chi connectivity index (χ1) is 13.2.